The van der Waals surface area contributed by atoms with Gasteiger partial charge in [0, 0.05) is 18.4 Å². The first-order chi connectivity index (χ1) is 7.63. The molecule has 0 amide bonds. The second kappa shape index (κ2) is 4.08. The molecular formula is C11H12O5. The Labute approximate surface area is 92.4 Å². The van der Waals surface area contributed by atoms with E-state index in [9.17, 15) is 14.4 Å². The molecule has 86 valence electrons. The summed E-state index contributed by atoms with van der Waals surface area (Å²) in [4.78, 5) is 34.0. The molecule has 3 atom stereocenters. The van der Waals surface area contributed by atoms with Gasteiger partial charge in [0.05, 0.1) is 7.11 Å². The van der Waals surface area contributed by atoms with Gasteiger partial charge in [0.1, 0.15) is 17.8 Å². The topological polar surface area (TPSA) is 69.7 Å². The van der Waals surface area contributed by atoms with Crippen molar-refractivity contribution in [2.24, 2.45) is 11.8 Å². The summed E-state index contributed by atoms with van der Waals surface area (Å²) in [5.74, 6) is -2.15. The molecule has 16 heavy (non-hydrogen) atoms. The Hall–Kier alpha value is -1.65. The molecule has 0 bridgehead atoms. The van der Waals surface area contributed by atoms with E-state index in [1.807, 2.05) is 0 Å². The molecule has 1 aliphatic carbocycles. The average Bonchev–Trinajstić information content (AvgIpc) is 2.83. The number of carbonyl (C=O) groups is 3. The molecule has 0 saturated heterocycles. The summed E-state index contributed by atoms with van der Waals surface area (Å²) in [5.41, 5.74) is 0. The van der Waals surface area contributed by atoms with Crippen LogP contribution in [-0.4, -0.2) is 30.9 Å². The van der Waals surface area contributed by atoms with Crippen molar-refractivity contribution in [3.8, 4) is 0 Å². The van der Waals surface area contributed by atoms with E-state index >= 15 is 0 Å². The Bertz CT molecular complexity index is 371. The number of hydrogen-bond donors (Lipinski definition) is 0. The highest BCUT2D eigenvalue weighted by Crippen LogP contribution is 2.35. The third-order valence-electron chi connectivity index (χ3n) is 3.05. The molecule has 0 aromatic carbocycles. The van der Waals surface area contributed by atoms with Gasteiger partial charge < -0.3 is 9.47 Å². The maximum Gasteiger partial charge on any atom is 0.331 e. The van der Waals surface area contributed by atoms with Crippen molar-refractivity contribution >= 4 is 17.7 Å². The standard InChI is InChI=1S/C11H12O5/c1-15-11(14)10-6(2-3-7(10)12)8-4-5-9(13)16-8/h4-6,8,10H,2-3H2,1H3. The van der Waals surface area contributed by atoms with Crippen LogP contribution in [0, 0.1) is 11.8 Å². The van der Waals surface area contributed by atoms with Crippen molar-refractivity contribution in [2.45, 2.75) is 18.9 Å². The van der Waals surface area contributed by atoms with E-state index in [1.54, 1.807) is 6.08 Å². The second-order valence-corrected chi connectivity index (χ2v) is 3.93. The summed E-state index contributed by atoms with van der Waals surface area (Å²) in [6.07, 6.45) is 3.35. The van der Waals surface area contributed by atoms with Crippen LogP contribution in [0.3, 0.4) is 0 Å². The molecule has 2 rings (SSSR count). The van der Waals surface area contributed by atoms with Gasteiger partial charge in [0.2, 0.25) is 0 Å². The normalized spacial score (nSPS) is 32.9. The smallest absolute Gasteiger partial charge is 0.331 e. The van der Waals surface area contributed by atoms with Crippen LogP contribution in [0.4, 0.5) is 0 Å². The molecule has 5 heteroatoms. The van der Waals surface area contributed by atoms with E-state index in [0.29, 0.717) is 12.8 Å². The lowest BCUT2D eigenvalue weighted by molar-refractivity contribution is -0.154. The predicted molar refractivity (Wildman–Crippen MR) is 52.3 cm³/mol. The largest absolute Gasteiger partial charge is 0.468 e. The molecule has 1 aliphatic heterocycles. The zero-order chi connectivity index (χ0) is 11.7. The fourth-order valence-electron chi connectivity index (χ4n) is 2.27. The van der Waals surface area contributed by atoms with Crippen LogP contribution < -0.4 is 0 Å². The first-order valence-electron chi connectivity index (χ1n) is 5.13. The second-order valence-electron chi connectivity index (χ2n) is 3.93. The van der Waals surface area contributed by atoms with Crippen LogP contribution in [0.1, 0.15) is 12.8 Å². The van der Waals surface area contributed by atoms with Crippen molar-refractivity contribution in [3.05, 3.63) is 12.2 Å². The molecule has 1 heterocycles. The lowest BCUT2D eigenvalue weighted by Crippen LogP contribution is -2.33. The predicted octanol–water partition coefficient (Wildman–Crippen LogP) is 0.236. The zero-order valence-electron chi connectivity index (χ0n) is 8.84. The fourth-order valence-corrected chi connectivity index (χ4v) is 2.27. The number of hydrogen-bond acceptors (Lipinski definition) is 5. The monoisotopic (exact) mass is 224 g/mol. The first kappa shape index (κ1) is 10.9. The Morgan fingerprint density at radius 3 is 2.81 bits per heavy atom. The number of cyclic esters (lactones) is 1. The number of ether oxygens (including phenoxy) is 2. The van der Waals surface area contributed by atoms with Crippen LogP contribution in [-0.2, 0) is 23.9 Å². The Balaban J connectivity index is 2.15. The molecule has 0 aromatic heterocycles. The van der Waals surface area contributed by atoms with Gasteiger partial charge in [0.15, 0.2) is 0 Å². The molecule has 5 nitrogen and oxygen atoms in total. The van der Waals surface area contributed by atoms with E-state index in [4.69, 9.17) is 4.74 Å². The van der Waals surface area contributed by atoms with Gasteiger partial charge in [-0.3, -0.25) is 9.59 Å². The van der Waals surface area contributed by atoms with Crippen molar-refractivity contribution in [1.29, 1.82) is 0 Å². The third kappa shape index (κ3) is 1.73. The number of rotatable bonds is 2. The number of methoxy groups -OCH3 is 1. The van der Waals surface area contributed by atoms with Gasteiger partial charge >= 0.3 is 11.9 Å². The van der Waals surface area contributed by atoms with E-state index in [1.165, 1.54) is 13.2 Å². The minimum absolute atomic E-state index is 0.131. The highest BCUT2D eigenvalue weighted by molar-refractivity contribution is 6.01. The van der Waals surface area contributed by atoms with Crippen LogP contribution in [0.15, 0.2) is 12.2 Å². The number of esters is 2. The Kier molecular flexibility index (Phi) is 2.77. The summed E-state index contributed by atoms with van der Waals surface area (Å²) < 4.78 is 9.61. The molecule has 1 saturated carbocycles. The van der Waals surface area contributed by atoms with Gasteiger partial charge in [-0.05, 0) is 12.5 Å². The maximum atomic E-state index is 11.6. The number of Topliss-reactive ketones (excluding diaryl/α,β-unsaturated/α-hetero) is 1. The van der Waals surface area contributed by atoms with Crippen LogP contribution in [0.25, 0.3) is 0 Å². The van der Waals surface area contributed by atoms with E-state index in [0.717, 1.165) is 0 Å². The van der Waals surface area contributed by atoms with Crippen LogP contribution >= 0.6 is 0 Å². The maximum absolute atomic E-state index is 11.6. The summed E-state index contributed by atoms with van der Waals surface area (Å²) >= 11 is 0. The van der Waals surface area contributed by atoms with E-state index in [2.05, 4.69) is 4.74 Å². The van der Waals surface area contributed by atoms with Gasteiger partial charge in [-0.1, -0.05) is 0 Å². The summed E-state index contributed by atoms with van der Waals surface area (Å²) in [5, 5.41) is 0. The van der Waals surface area contributed by atoms with Crippen molar-refractivity contribution in [1.82, 2.24) is 0 Å². The van der Waals surface area contributed by atoms with Crippen LogP contribution in [0.2, 0.25) is 0 Å². The third-order valence-corrected chi connectivity index (χ3v) is 3.05. The molecule has 0 radical (unpaired) electrons. The SMILES string of the molecule is COC(=O)C1C(=O)CCC1C1C=CC(=O)O1. The van der Waals surface area contributed by atoms with E-state index in [-0.39, 0.29) is 11.7 Å². The fraction of sp³-hybridized carbons (Fsp3) is 0.545. The first-order valence-corrected chi connectivity index (χ1v) is 5.13. The molecular weight excluding hydrogens is 212 g/mol. The van der Waals surface area contributed by atoms with Gasteiger partial charge in [0.25, 0.3) is 0 Å². The molecule has 2 aliphatic rings. The van der Waals surface area contributed by atoms with Crippen molar-refractivity contribution < 1.29 is 23.9 Å². The number of carbonyl (C=O) groups excluding carboxylic acids is 3. The lowest BCUT2D eigenvalue weighted by Gasteiger charge is -2.20. The zero-order valence-corrected chi connectivity index (χ0v) is 8.84. The number of ketones is 1. The van der Waals surface area contributed by atoms with Gasteiger partial charge in [-0.15, -0.1) is 0 Å². The summed E-state index contributed by atoms with van der Waals surface area (Å²) in [6.45, 7) is 0. The van der Waals surface area contributed by atoms with Gasteiger partial charge in [-0.2, -0.15) is 0 Å². The molecule has 1 fully saturated rings. The summed E-state index contributed by atoms with van der Waals surface area (Å²) in [7, 11) is 1.25. The Morgan fingerprint density at radius 1 is 1.50 bits per heavy atom. The Morgan fingerprint density at radius 2 is 2.25 bits per heavy atom. The molecule has 0 aromatic rings. The van der Waals surface area contributed by atoms with Crippen molar-refractivity contribution in [3.63, 3.8) is 0 Å². The van der Waals surface area contributed by atoms with Gasteiger partial charge in [-0.25, -0.2) is 4.79 Å². The quantitative estimate of drug-likeness (QED) is 0.496. The minimum atomic E-state index is -0.787. The average molecular weight is 224 g/mol. The van der Waals surface area contributed by atoms with Crippen LogP contribution in [0.5, 0.6) is 0 Å². The molecule has 0 spiro atoms. The highest BCUT2D eigenvalue weighted by Gasteiger charge is 2.46. The highest BCUT2D eigenvalue weighted by atomic mass is 16.5. The van der Waals surface area contributed by atoms with Crippen molar-refractivity contribution in [2.75, 3.05) is 7.11 Å². The lowest BCUT2D eigenvalue weighted by atomic mass is 9.90. The minimum Gasteiger partial charge on any atom is -0.468 e. The molecule has 3 unspecified atom stereocenters. The van der Waals surface area contributed by atoms with E-state index < -0.39 is 24.0 Å². The molecule has 0 N–H and O–H groups in total. The summed E-state index contributed by atoms with van der Waals surface area (Å²) in [6, 6.07) is 0.